The number of nitrogens with one attached hydrogen (secondary N) is 1. The molecule has 4 N–H and O–H groups in total. The molecule has 8 heteroatoms. The number of urea groups is 1. The van der Waals surface area contributed by atoms with Crippen molar-refractivity contribution in [2.24, 2.45) is 11.7 Å². The number of thioether (sulfide) groups is 1. The molecule has 3 amide bonds. The smallest absolute Gasteiger partial charge is 0.312 e. The van der Waals surface area contributed by atoms with Crippen molar-refractivity contribution in [1.29, 1.82) is 0 Å². The number of primary amides is 1. The summed E-state index contributed by atoms with van der Waals surface area (Å²) in [6.07, 6.45) is 3.34. The van der Waals surface area contributed by atoms with Crippen LogP contribution in [0.25, 0.3) is 0 Å². The number of carbonyl (C=O) groups is 3. The number of carboxylic acid groups (broad SMARTS) is 1. The minimum atomic E-state index is -0.814. The van der Waals surface area contributed by atoms with E-state index < -0.39 is 18.0 Å². The summed E-state index contributed by atoms with van der Waals surface area (Å²) >= 11 is 1.58. The van der Waals surface area contributed by atoms with E-state index in [4.69, 9.17) is 10.8 Å². The Morgan fingerprint density at radius 3 is 2.45 bits per heavy atom. The van der Waals surface area contributed by atoms with Crippen LogP contribution in [0.3, 0.4) is 0 Å². The van der Waals surface area contributed by atoms with E-state index in [1.54, 1.807) is 16.7 Å². The molecule has 0 aromatic heterocycles. The van der Waals surface area contributed by atoms with E-state index in [1.165, 1.54) is 0 Å². The lowest BCUT2D eigenvalue weighted by Crippen LogP contribution is -2.52. The SMILES string of the molecule is CSCCC(NC(N)=O)C(=O)N1CCC(C(=O)O)CC1. The van der Waals surface area contributed by atoms with Gasteiger partial charge in [-0.05, 0) is 31.3 Å². The number of hydrogen-bond acceptors (Lipinski definition) is 4. The van der Waals surface area contributed by atoms with Crippen molar-refractivity contribution in [3.05, 3.63) is 0 Å². The third kappa shape index (κ3) is 4.92. The maximum atomic E-state index is 12.3. The van der Waals surface area contributed by atoms with E-state index in [0.717, 1.165) is 5.75 Å². The third-order valence-electron chi connectivity index (χ3n) is 3.38. The van der Waals surface area contributed by atoms with Gasteiger partial charge in [-0.25, -0.2) is 4.79 Å². The molecular formula is C12H21N3O4S. The highest BCUT2D eigenvalue weighted by atomic mass is 32.2. The quantitative estimate of drug-likeness (QED) is 0.644. The Kier molecular flexibility index (Phi) is 6.63. The van der Waals surface area contributed by atoms with Crippen LogP contribution in [0, 0.1) is 5.92 Å². The topological polar surface area (TPSA) is 113 Å². The maximum Gasteiger partial charge on any atom is 0.312 e. The highest BCUT2D eigenvalue weighted by Crippen LogP contribution is 2.18. The Bertz CT molecular complexity index is 370. The van der Waals surface area contributed by atoms with E-state index in [2.05, 4.69) is 5.32 Å². The van der Waals surface area contributed by atoms with E-state index in [-0.39, 0.29) is 11.8 Å². The second kappa shape index (κ2) is 7.98. The van der Waals surface area contributed by atoms with Gasteiger partial charge in [-0.1, -0.05) is 0 Å². The summed E-state index contributed by atoms with van der Waals surface area (Å²) in [5.41, 5.74) is 5.09. The van der Waals surface area contributed by atoms with Gasteiger partial charge >= 0.3 is 12.0 Å². The summed E-state index contributed by atoms with van der Waals surface area (Å²) in [4.78, 5) is 35.8. The lowest BCUT2D eigenvalue weighted by molar-refractivity contribution is -0.146. The molecule has 0 spiro atoms. The Labute approximate surface area is 122 Å². The molecular weight excluding hydrogens is 282 g/mol. The molecule has 1 atom stereocenters. The number of aliphatic carboxylic acids is 1. The predicted molar refractivity (Wildman–Crippen MR) is 76.4 cm³/mol. The van der Waals surface area contributed by atoms with Gasteiger partial charge in [-0.3, -0.25) is 9.59 Å². The maximum absolute atomic E-state index is 12.3. The summed E-state index contributed by atoms with van der Waals surface area (Å²) in [5, 5.41) is 11.4. The van der Waals surface area contributed by atoms with Crippen LogP contribution in [0.5, 0.6) is 0 Å². The molecule has 0 saturated carbocycles. The van der Waals surface area contributed by atoms with Gasteiger partial charge in [-0.2, -0.15) is 11.8 Å². The van der Waals surface area contributed by atoms with Crippen molar-refractivity contribution in [3.8, 4) is 0 Å². The first kappa shape index (κ1) is 16.6. The number of nitrogens with zero attached hydrogens (tertiary/aromatic N) is 1. The highest BCUT2D eigenvalue weighted by Gasteiger charge is 2.30. The van der Waals surface area contributed by atoms with Crippen molar-refractivity contribution in [2.45, 2.75) is 25.3 Å². The number of rotatable bonds is 6. The van der Waals surface area contributed by atoms with Gasteiger partial charge in [0.25, 0.3) is 0 Å². The summed E-state index contributed by atoms with van der Waals surface area (Å²) in [6, 6.07) is -1.34. The lowest BCUT2D eigenvalue weighted by Gasteiger charge is -2.32. The zero-order chi connectivity index (χ0) is 15.1. The molecule has 0 aliphatic carbocycles. The van der Waals surface area contributed by atoms with Gasteiger partial charge in [0.1, 0.15) is 6.04 Å². The summed E-state index contributed by atoms with van der Waals surface area (Å²) < 4.78 is 0. The van der Waals surface area contributed by atoms with Crippen molar-refractivity contribution >= 4 is 29.7 Å². The fourth-order valence-electron chi connectivity index (χ4n) is 2.23. The molecule has 0 aromatic rings. The molecule has 0 bridgehead atoms. The number of piperidine rings is 1. The molecule has 114 valence electrons. The standard InChI is InChI=1S/C12H21N3O4S/c1-20-7-4-9(14-12(13)19)10(16)15-5-2-8(3-6-15)11(17)18/h8-9H,2-7H2,1H3,(H,17,18)(H3,13,14,19). The van der Waals surface area contributed by atoms with E-state index in [0.29, 0.717) is 32.4 Å². The van der Waals surface area contributed by atoms with Gasteiger partial charge in [-0.15, -0.1) is 0 Å². The van der Waals surface area contributed by atoms with E-state index in [1.807, 2.05) is 6.26 Å². The zero-order valence-corrected chi connectivity index (χ0v) is 12.3. The number of carboxylic acids is 1. The monoisotopic (exact) mass is 303 g/mol. The van der Waals surface area contributed by atoms with Crippen LogP contribution in [0.4, 0.5) is 4.79 Å². The van der Waals surface area contributed by atoms with E-state index >= 15 is 0 Å². The number of hydrogen-bond donors (Lipinski definition) is 3. The lowest BCUT2D eigenvalue weighted by atomic mass is 9.96. The Hall–Kier alpha value is -1.44. The molecule has 1 fully saturated rings. The van der Waals surface area contributed by atoms with Crippen molar-refractivity contribution in [2.75, 3.05) is 25.1 Å². The molecule has 0 aromatic carbocycles. The summed E-state index contributed by atoms with van der Waals surface area (Å²) in [7, 11) is 0. The Morgan fingerprint density at radius 1 is 1.40 bits per heavy atom. The van der Waals surface area contributed by atoms with Gasteiger partial charge in [0.15, 0.2) is 0 Å². The normalized spacial score (nSPS) is 17.6. The predicted octanol–water partition coefficient (Wildman–Crippen LogP) is 0.0996. The Balaban J connectivity index is 2.56. The number of amides is 3. The first-order valence-corrected chi connectivity index (χ1v) is 7.91. The summed E-state index contributed by atoms with van der Waals surface area (Å²) in [6.45, 7) is 0.817. The zero-order valence-electron chi connectivity index (χ0n) is 11.5. The fraction of sp³-hybridized carbons (Fsp3) is 0.750. The Morgan fingerprint density at radius 2 is 2.00 bits per heavy atom. The van der Waals surface area contributed by atoms with Crippen LogP contribution in [0.15, 0.2) is 0 Å². The van der Waals surface area contributed by atoms with Crippen molar-refractivity contribution in [3.63, 3.8) is 0 Å². The molecule has 1 saturated heterocycles. The van der Waals surface area contributed by atoms with Crippen LogP contribution in [-0.2, 0) is 9.59 Å². The van der Waals surface area contributed by atoms with E-state index in [9.17, 15) is 14.4 Å². The van der Waals surface area contributed by atoms with Crippen LogP contribution < -0.4 is 11.1 Å². The molecule has 7 nitrogen and oxygen atoms in total. The first-order chi connectivity index (χ1) is 9.45. The molecule has 0 radical (unpaired) electrons. The fourth-order valence-corrected chi connectivity index (χ4v) is 2.70. The first-order valence-electron chi connectivity index (χ1n) is 6.52. The van der Waals surface area contributed by atoms with Crippen molar-refractivity contribution in [1.82, 2.24) is 10.2 Å². The van der Waals surface area contributed by atoms with Gasteiger partial charge in [0, 0.05) is 13.1 Å². The van der Waals surface area contributed by atoms with Gasteiger partial charge < -0.3 is 21.1 Å². The molecule has 1 rings (SSSR count). The minimum absolute atomic E-state index is 0.179. The van der Waals surface area contributed by atoms with Crippen LogP contribution in [0.1, 0.15) is 19.3 Å². The van der Waals surface area contributed by atoms with Gasteiger partial charge in [0.05, 0.1) is 5.92 Å². The second-order valence-electron chi connectivity index (χ2n) is 4.78. The molecule has 1 aliphatic heterocycles. The molecule has 1 aliphatic rings. The van der Waals surface area contributed by atoms with Crippen LogP contribution in [-0.4, -0.2) is 59.1 Å². The average Bonchev–Trinajstić information content (AvgIpc) is 2.42. The van der Waals surface area contributed by atoms with Crippen molar-refractivity contribution < 1.29 is 19.5 Å². The largest absolute Gasteiger partial charge is 0.481 e. The van der Waals surface area contributed by atoms with Gasteiger partial charge in [0.2, 0.25) is 5.91 Å². The number of carbonyl (C=O) groups excluding carboxylic acids is 2. The van der Waals surface area contributed by atoms with Crippen LogP contribution >= 0.6 is 11.8 Å². The molecule has 1 unspecified atom stereocenters. The highest BCUT2D eigenvalue weighted by molar-refractivity contribution is 7.98. The third-order valence-corrected chi connectivity index (χ3v) is 4.03. The van der Waals surface area contributed by atoms with Crippen LogP contribution in [0.2, 0.25) is 0 Å². The summed E-state index contributed by atoms with van der Waals surface area (Å²) in [5.74, 6) is -0.636. The minimum Gasteiger partial charge on any atom is -0.481 e. The number of likely N-dealkylation sites (tertiary alicyclic amines) is 1. The average molecular weight is 303 g/mol. The molecule has 20 heavy (non-hydrogen) atoms. The second-order valence-corrected chi connectivity index (χ2v) is 5.77. The number of nitrogens with two attached hydrogens (primary N) is 1. The molecule has 1 heterocycles.